The number of ether oxygens (including phenoxy) is 4. The minimum absolute atomic E-state index is 0.281. The molecule has 0 bridgehead atoms. The maximum atomic E-state index is 10.3. The van der Waals surface area contributed by atoms with Crippen molar-refractivity contribution in [3.05, 3.63) is 48.0 Å². The van der Waals surface area contributed by atoms with Gasteiger partial charge in [0.25, 0.3) is 0 Å². The lowest BCUT2D eigenvalue weighted by Gasteiger charge is -2.35. The molecule has 0 aliphatic carbocycles. The predicted octanol–water partition coefficient (Wildman–Crippen LogP) is 1.98. The van der Waals surface area contributed by atoms with Gasteiger partial charge in [0, 0.05) is 39.3 Å². The van der Waals surface area contributed by atoms with E-state index >= 15 is 0 Å². The Bertz CT molecular complexity index is 790. The topological polar surface area (TPSA) is 63.6 Å². The molecule has 2 aliphatic rings. The minimum atomic E-state index is -0.516. The number of methoxy groups -OCH3 is 1. The first-order valence-corrected chi connectivity index (χ1v) is 9.98. The molecule has 0 saturated carbocycles. The standard InChI is InChI=1S/C22H28N2O5/c1-26-19-3-5-20(6-4-19)27-15-18(25)14-24-10-8-23(9-11-24)13-17-2-7-21-22(12-17)29-16-28-21/h2-7,12,18,25H,8-11,13-16H2,1H3/t18-/m1/s1. The fourth-order valence-electron chi connectivity index (χ4n) is 3.64. The largest absolute Gasteiger partial charge is 0.497 e. The van der Waals surface area contributed by atoms with Crippen LogP contribution >= 0.6 is 0 Å². The summed E-state index contributed by atoms with van der Waals surface area (Å²) in [5.74, 6) is 3.18. The number of rotatable bonds is 8. The zero-order valence-corrected chi connectivity index (χ0v) is 16.8. The highest BCUT2D eigenvalue weighted by molar-refractivity contribution is 5.44. The summed E-state index contributed by atoms with van der Waals surface area (Å²) in [6, 6.07) is 13.5. The van der Waals surface area contributed by atoms with Crippen LogP contribution in [0, 0.1) is 0 Å². The van der Waals surface area contributed by atoms with E-state index in [2.05, 4.69) is 21.9 Å². The Morgan fingerprint density at radius 2 is 1.62 bits per heavy atom. The molecule has 1 atom stereocenters. The summed E-state index contributed by atoms with van der Waals surface area (Å²) in [6.45, 7) is 5.92. The summed E-state index contributed by atoms with van der Waals surface area (Å²) in [7, 11) is 1.63. The van der Waals surface area contributed by atoms with E-state index in [1.807, 2.05) is 30.3 Å². The molecule has 2 aromatic rings. The van der Waals surface area contributed by atoms with E-state index in [1.54, 1.807) is 7.11 Å². The van der Waals surface area contributed by atoms with Gasteiger partial charge in [0.1, 0.15) is 24.2 Å². The van der Waals surface area contributed by atoms with Crippen LogP contribution in [0.15, 0.2) is 42.5 Å². The van der Waals surface area contributed by atoms with Gasteiger partial charge in [-0.2, -0.15) is 0 Å². The number of nitrogens with zero attached hydrogens (tertiary/aromatic N) is 2. The molecular formula is C22H28N2O5. The lowest BCUT2D eigenvalue weighted by atomic mass is 10.1. The number of fused-ring (bicyclic) bond motifs is 1. The monoisotopic (exact) mass is 400 g/mol. The van der Waals surface area contributed by atoms with E-state index in [-0.39, 0.29) is 6.61 Å². The Hall–Kier alpha value is -2.48. The third-order valence-electron chi connectivity index (χ3n) is 5.28. The third-order valence-corrected chi connectivity index (χ3v) is 5.28. The number of aliphatic hydroxyl groups is 1. The molecule has 4 rings (SSSR count). The molecular weight excluding hydrogens is 372 g/mol. The highest BCUT2D eigenvalue weighted by atomic mass is 16.7. The minimum Gasteiger partial charge on any atom is -0.497 e. The molecule has 7 heteroatoms. The molecule has 2 heterocycles. The Morgan fingerprint density at radius 3 is 2.38 bits per heavy atom. The zero-order chi connectivity index (χ0) is 20.1. The first-order valence-electron chi connectivity index (χ1n) is 9.98. The van der Waals surface area contributed by atoms with Gasteiger partial charge >= 0.3 is 0 Å². The van der Waals surface area contributed by atoms with Crippen molar-refractivity contribution in [3.8, 4) is 23.0 Å². The summed E-state index contributed by atoms with van der Waals surface area (Å²) in [4.78, 5) is 4.71. The van der Waals surface area contributed by atoms with Crippen LogP contribution in [0.3, 0.4) is 0 Å². The van der Waals surface area contributed by atoms with Crippen molar-refractivity contribution in [2.75, 3.05) is 53.2 Å². The van der Waals surface area contributed by atoms with Gasteiger partial charge in [-0.25, -0.2) is 0 Å². The number of β-amino-alcohol motifs (C(OH)–C–C–N with tert-alkyl or cyclic N) is 1. The van der Waals surface area contributed by atoms with Crippen molar-refractivity contribution in [1.82, 2.24) is 9.80 Å². The van der Waals surface area contributed by atoms with E-state index in [1.165, 1.54) is 5.56 Å². The Kier molecular flexibility index (Phi) is 6.39. The lowest BCUT2D eigenvalue weighted by molar-refractivity contribution is 0.0446. The number of piperazine rings is 1. The van der Waals surface area contributed by atoms with Crippen LogP contribution in [0.25, 0.3) is 0 Å². The Balaban J connectivity index is 1.17. The second kappa shape index (κ2) is 9.35. The van der Waals surface area contributed by atoms with Gasteiger partial charge in [-0.15, -0.1) is 0 Å². The van der Waals surface area contributed by atoms with E-state index in [0.29, 0.717) is 13.3 Å². The quantitative estimate of drug-likeness (QED) is 0.727. The normalized spacial score (nSPS) is 17.9. The molecule has 0 aromatic heterocycles. The summed E-state index contributed by atoms with van der Waals surface area (Å²) < 4.78 is 21.6. The van der Waals surface area contributed by atoms with E-state index < -0.39 is 6.10 Å². The second-order valence-corrected chi connectivity index (χ2v) is 7.40. The van der Waals surface area contributed by atoms with Gasteiger partial charge in [0.2, 0.25) is 6.79 Å². The van der Waals surface area contributed by atoms with Crippen molar-refractivity contribution < 1.29 is 24.1 Å². The number of hydrogen-bond donors (Lipinski definition) is 1. The fraction of sp³-hybridized carbons (Fsp3) is 0.455. The molecule has 7 nitrogen and oxygen atoms in total. The summed E-state index contributed by atoms with van der Waals surface area (Å²) >= 11 is 0. The van der Waals surface area contributed by atoms with Crippen molar-refractivity contribution >= 4 is 0 Å². The van der Waals surface area contributed by atoms with Gasteiger partial charge in [-0.05, 0) is 42.0 Å². The first kappa shape index (κ1) is 19.8. The Labute approximate surface area is 171 Å². The van der Waals surface area contributed by atoms with Crippen molar-refractivity contribution in [2.45, 2.75) is 12.6 Å². The van der Waals surface area contributed by atoms with Crippen molar-refractivity contribution in [2.24, 2.45) is 0 Å². The maximum absolute atomic E-state index is 10.3. The molecule has 0 spiro atoms. The van der Waals surface area contributed by atoms with Crippen LogP contribution in [-0.2, 0) is 6.54 Å². The van der Waals surface area contributed by atoms with E-state index in [4.69, 9.17) is 18.9 Å². The lowest BCUT2D eigenvalue weighted by Crippen LogP contribution is -2.48. The molecule has 156 valence electrons. The summed E-state index contributed by atoms with van der Waals surface area (Å²) in [5, 5.41) is 10.3. The van der Waals surface area contributed by atoms with Crippen LogP contribution in [0.2, 0.25) is 0 Å². The molecule has 0 amide bonds. The van der Waals surface area contributed by atoms with E-state index in [9.17, 15) is 5.11 Å². The maximum Gasteiger partial charge on any atom is 0.231 e. The predicted molar refractivity (Wildman–Crippen MR) is 109 cm³/mol. The first-order chi connectivity index (χ1) is 14.2. The Morgan fingerprint density at radius 1 is 0.931 bits per heavy atom. The number of hydrogen-bond acceptors (Lipinski definition) is 7. The molecule has 0 radical (unpaired) electrons. The number of benzene rings is 2. The molecule has 2 aromatic carbocycles. The highest BCUT2D eigenvalue weighted by Gasteiger charge is 2.21. The molecule has 1 saturated heterocycles. The third kappa shape index (κ3) is 5.32. The fourth-order valence-corrected chi connectivity index (χ4v) is 3.64. The molecule has 29 heavy (non-hydrogen) atoms. The van der Waals surface area contributed by atoms with Crippen LogP contribution in [-0.4, -0.2) is 74.2 Å². The summed E-state index contributed by atoms with van der Waals surface area (Å²) in [5.41, 5.74) is 1.23. The average molecular weight is 400 g/mol. The number of aliphatic hydroxyl groups excluding tert-OH is 1. The second-order valence-electron chi connectivity index (χ2n) is 7.40. The van der Waals surface area contributed by atoms with E-state index in [0.717, 1.165) is 55.7 Å². The van der Waals surface area contributed by atoms with Crippen molar-refractivity contribution in [3.63, 3.8) is 0 Å². The highest BCUT2D eigenvalue weighted by Crippen LogP contribution is 2.32. The van der Waals surface area contributed by atoms with Gasteiger partial charge in [-0.3, -0.25) is 9.80 Å². The average Bonchev–Trinajstić information content (AvgIpc) is 3.22. The van der Waals surface area contributed by atoms with Gasteiger partial charge < -0.3 is 24.1 Å². The molecule has 1 N–H and O–H groups in total. The molecule has 1 fully saturated rings. The van der Waals surface area contributed by atoms with Crippen LogP contribution in [0.1, 0.15) is 5.56 Å². The van der Waals surface area contributed by atoms with Gasteiger partial charge in [-0.1, -0.05) is 6.07 Å². The molecule has 0 unspecified atom stereocenters. The molecule has 2 aliphatic heterocycles. The van der Waals surface area contributed by atoms with Gasteiger partial charge in [0.05, 0.1) is 7.11 Å². The van der Waals surface area contributed by atoms with Crippen LogP contribution in [0.4, 0.5) is 0 Å². The zero-order valence-electron chi connectivity index (χ0n) is 16.8. The summed E-state index contributed by atoms with van der Waals surface area (Å²) in [6.07, 6.45) is -0.516. The smallest absolute Gasteiger partial charge is 0.231 e. The van der Waals surface area contributed by atoms with Crippen LogP contribution < -0.4 is 18.9 Å². The van der Waals surface area contributed by atoms with Gasteiger partial charge in [0.15, 0.2) is 11.5 Å². The van der Waals surface area contributed by atoms with Crippen molar-refractivity contribution in [1.29, 1.82) is 0 Å². The van der Waals surface area contributed by atoms with Crippen LogP contribution in [0.5, 0.6) is 23.0 Å². The SMILES string of the molecule is COc1ccc(OC[C@H](O)CN2CCN(Cc3ccc4c(c3)OCO4)CC2)cc1.